The number of nitrogens with zero attached hydrogens (tertiary/aromatic N) is 1. The molecule has 102 valence electrons. The second-order valence-corrected chi connectivity index (χ2v) is 5.08. The van der Waals surface area contributed by atoms with Gasteiger partial charge in [-0.1, -0.05) is 54.6 Å². The first-order chi connectivity index (χ1) is 9.92. The first kappa shape index (κ1) is 12.9. The fourth-order valence-corrected chi connectivity index (χ4v) is 2.50. The number of anilines is 1. The lowest BCUT2D eigenvalue weighted by molar-refractivity contribution is 0.589. The summed E-state index contributed by atoms with van der Waals surface area (Å²) < 4.78 is 0. The Labute approximate surface area is 120 Å². The van der Waals surface area contributed by atoms with Gasteiger partial charge in [-0.15, -0.1) is 0 Å². The van der Waals surface area contributed by atoms with Crippen molar-refractivity contribution in [2.75, 3.05) is 31.1 Å². The van der Waals surface area contributed by atoms with Gasteiger partial charge < -0.3 is 10.2 Å². The summed E-state index contributed by atoms with van der Waals surface area (Å²) >= 11 is 0. The van der Waals surface area contributed by atoms with Gasteiger partial charge in [0.15, 0.2) is 0 Å². The van der Waals surface area contributed by atoms with Crippen molar-refractivity contribution in [3.8, 4) is 0 Å². The SMILES string of the molecule is C(=C\c1cccc(N2CCNCC2)c1)/c1ccccc1. The predicted molar refractivity (Wildman–Crippen MR) is 86.9 cm³/mol. The molecule has 1 saturated heterocycles. The van der Waals surface area contributed by atoms with E-state index in [1.807, 2.05) is 6.07 Å². The zero-order valence-electron chi connectivity index (χ0n) is 11.6. The van der Waals surface area contributed by atoms with Crippen LogP contribution in [0.5, 0.6) is 0 Å². The molecule has 3 rings (SSSR count). The normalized spacial score (nSPS) is 15.7. The van der Waals surface area contributed by atoms with E-state index in [1.54, 1.807) is 0 Å². The molecule has 0 unspecified atom stereocenters. The highest BCUT2D eigenvalue weighted by Gasteiger charge is 2.09. The van der Waals surface area contributed by atoms with Gasteiger partial charge in [-0.25, -0.2) is 0 Å². The molecule has 1 fully saturated rings. The highest BCUT2D eigenvalue weighted by Crippen LogP contribution is 2.18. The van der Waals surface area contributed by atoms with Gasteiger partial charge in [0.1, 0.15) is 0 Å². The van der Waals surface area contributed by atoms with Crippen LogP contribution in [-0.2, 0) is 0 Å². The van der Waals surface area contributed by atoms with Crippen LogP contribution in [0.4, 0.5) is 5.69 Å². The highest BCUT2D eigenvalue weighted by molar-refractivity contribution is 5.71. The van der Waals surface area contributed by atoms with E-state index in [0.29, 0.717) is 0 Å². The van der Waals surface area contributed by atoms with Crippen LogP contribution >= 0.6 is 0 Å². The van der Waals surface area contributed by atoms with Crippen LogP contribution in [0.25, 0.3) is 12.2 Å². The number of hydrogen-bond donors (Lipinski definition) is 1. The lowest BCUT2D eigenvalue weighted by atomic mass is 10.1. The van der Waals surface area contributed by atoms with Gasteiger partial charge >= 0.3 is 0 Å². The summed E-state index contributed by atoms with van der Waals surface area (Å²) in [6.07, 6.45) is 4.35. The molecule has 2 aromatic carbocycles. The average Bonchev–Trinajstić information content (AvgIpc) is 2.55. The summed E-state index contributed by atoms with van der Waals surface area (Å²) in [4.78, 5) is 2.44. The summed E-state index contributed by atoms with van der Waals surface area (Å²) in [5.74, 6) is 0. The van der Waals surface area contributed by atoms with Crippen LogP contribution in [-0.4, -0.2) is 26.2 Å². The minimum absolute atomic E-state index is 1.07. The maximum absolute atomic E-state index is 3.39. The van der Waals surface area contributed by atoms with E-state index >= 15 is 0 Å². The van der Waals surface area contributed by atoms with Crippen molar-refractivity contribution in [2.45, 2.75) is 0 Å². The Morgan fingerprint density at radius 1 is 0.800 bits per heavy atom. The Bertz CT molecular complexity index is 569. The third-order valence-corrected chi connectivity index (χ3v) is 3.62. The summed E-state index contributed by atoms with van der Waals surface area (Å²) in [7, 11) is 0. The van der Waals surface area contributed by atoms with Gasteiger partial charge in [-0.2, -0.15) is 0 Å². The maximum Gasteiger partial charge on any atom is 0.0373 e. The number of hydrogen-bond acceptors (Lipinski definition) is 2. The van der Waals surface area contributed by atoms with E-state index in [1.165, 1.54) is 16.8 Å². The highest BCUT2D eigenvalue weighted by atomic mass is 15.2. The van der Waals surface area contributed by atoms with Crippen LogP contribution < -0.4 is 10.2 Å². The third kappa shape index (κ3) is 3.28. The molecular weight excluding hydrogens is 244 g/mol. The Hall–Kier alpha value is -2.06. The van der Waals surface area contributed by atoms with Crippen molar-refractivity contribution in [1.29, 1.82) is 0 Å². The van der Waals surface area contributed by atoms with E-state index in [9.17, 15) is 0 Å². The van der Waals surface area contributed by atoms with E-state index < -0.39 is 0 Å². The molecule has 0 amide bonds. The molecule has 0 saturated carbocycles. The standard InChI is InChI=1S/C18H20N2/c1-2-5-16(6-3-1)9-10-17-7-4-8-18(15-17)20-13-11-19-12-14-20/h1-10,15,19H,11-14H2/b10-9+. The smallest absolute Gasteiger partial charge is 0.0373 e. The van der Waals surface area contributed by atoms with Crippen LogP contribution in [0.2, 0.25) is 0 Å². The fraction of sp³-hybridized carbons (Fsp3) is 0.222. The fourth-order valence-electron chi connectivity index (χ4n) is 2.50. The van der Waals surface area contributed by atoms with Crippen molar-refractivity contribution < 1.29 is 0 Å². The third-order valence-electron chi connectivity index (χ3n) is 3.62. The molecule has 2 nitrogen and oxygen atoms in total. The van der Waals surface area contributed by atoms with E-state index in [4.69, 9.17) is 0 Å². The zero-order valence-corrected chi connectivity index (χ0v) is 11.6. The molecular formula is C18H20N2. The Morgan fingerprint density at radius 3 is 2.30 bits per heavy atom. The molecule has 0 aromatic heterocycles. The van der Waals surface area contributed by atoms with Crippen LogP contribution in [0.1, 0.15) is 11.1 Å². The minimum atomic E-state index is 1.07. The number of piperazine rings is 1. The van der Waals surface area contributed by atoms with Gasteiger partial charge in [0.2, 0.25) is 0 Å². The van der Waals surface area contributed by atoms with Crippen molar-refractivity contribution >= 4 is 17.8 Å². The molecule has 1 aliphatic rings. The molecule has 20 heavy (non-hydrogen) atoms. The predicted octanol–water partition coefficient (Wildman–Crippen LogP) is 3.27. The summed E-state index contributed by atoms with van der Waals surface area (Å²) in [5, 5.41) is 3.39. The number of benzene rings is 2. The first-order valence-electron chi connectivity index (χ1n) is 7.21. The van der Waals surface area contributed by atoms with Gasteiger partial charge in [0.25, 0.3) is 0 Å². The Kier molecular flexibility index (Phi) is 4.14. The molecule has 2 heteroatoms. The van der Waals surface area contributed by atoms with Gasteiger partial charge in [-0.05, 0) is 23.3 Å². The van der Waals surface area contributed by atoms with Crippen LogP contribution in [0.3, 0.4) is 0 Å². The molecule has 0 bridgehead atoms. The maximum atomic E-state index is 3.39. The summed E-state index contributed by atoms with van der Waals surface area (Å²) in [6, 6.07) is 19.2. The quantitative estimate of drug-likeness (QED) is 0.856. The molecule has 0 spiro atoms. The number of nitrogens with one attached hydrogen (secondary N) is 1. The van der Waals surface area contributed by atoms with Gasteiger partial charge in [0, 0.05) is 31.9 Å². The first-order valence-corrected chi connectivity index (χ1v) is 7.21. The van der Waals surface area contributed by atoms with Crippen molar-refractivity contribution in [1.82, 2.24) is 5.32 Å². The van der Waals surface area contributed by atoms with Crippen LogP contribution in [0, 0.1) is 0 Å². The second-order valence-electron chi connectivity index (χ2n) is 5.08. The monoisotopic (exact) mass is 264 g/mol. The largest absolute Gasteiger partial charge is 0.369 e. The molecule has 1 heterocycles. The Balaban J connectivity index is 1.75. The summed E-state index contributed by atoms with van der Waals surface area (Å²) in [5.41, 5.74) is 3.81. The zero-order chi connectivity index (χ0) is 13.6. The Morgan fingerprint density at radius 2 is 1.50 bits per heavy atom. The van der Waals surface area contributed by atoms with Crippen LogP contribution in [0.15, 0.2) is 54.6 Å². The second kappa shape index (κ2) is 6.40. The average molecular weight is 264 g/mol. The molecule has 0 atom stereocenters. The van der Waals surface area contributed by atoms with Crippen molar-refractivity contribution in [2.24, 2.45) is 0 Å². The van der Waals surface area contributed by atoms with E-state index in [0.717, 1.165) is 26.2 Å². The molecule has 0 radical (unpaired) electrons. The molecule has 1 N–H and O–H groups in total. The molecule has 0 aliphatic carbocycles. The lowest BCUT2D eigenvalue weighted by Crippen LogP contribution is -2.43. The minimum Gasteiger partial charge on any atom is -0.369 e. The molecule has 1 aliphatic heterocycles. The van der Waals surface area contributed by atoms with E-state index in [-0.39, 0.29) is 0 Å². The van der Waals surface area contributed by atoms with Crippen molar-refractivity contribution in [3.63, 3.8) is 0 Å². The summed E-state index contributed by atoms with van der Waals surface area (Å²) in [6.45, 7) is 4.33. The lowest BCUT2D eigenvalue weighted by Gasteiger charge is -2.29. The topological polar surface area (TPSA) is 15.3 Å². The van der Waals surface area contributed by atoms with E-state index in [2.05, 4.69) is 70.9 Å². The molecule has 2 aromatic rings. The van der Waals surface area contributed by atoms with Gasteiger partial charge in [0.05, 0.1) is 0 Å². The van der Waals surface area contributed by atoms with Crippen molar-refractivity contribution in [3.05, 3.63) is 65.7 Å². The van der Waals surface area contributed by atoms with Gasteiger partial charge in [-0.3, -0.25) is 0 Å². The number of rotatable bonds is 3.